The summed E-state index contributed by atoms with van der Waals surface area (Å²) in [6.45, 7) is 11.8. The van der Waals surface area contributed by atoms with Crippen LogP contribution in [-0.4, -0.2) is 36.1 Å². The summed E-state index contributed by atoms with van der Waals surface area (Å²) in [6.07, 6.45) is 13.0. The van der Waals surface area contributed by atoms with Crippen LogP contribution in [0.1, 0.15) is 98.8 Å². The number of aliphatic hydroxyl groups is 1. The average Bonchev–Trinajstić information content (AvgIpc) is 2.87. The average molecular weight is 555 g/mol. The maximum absolute atomic E-state index is 12.7. The first-order valence-electron chi connectivity index (χ1n) is 15.2. The molecule has 6 unspecified atom stereocenters. The van der Waals surface area contributed by atoms with Gasteiger partial charge in [0.2, 0.25) is 11.8 Å². The summed E-state index contributed by atoms with van der Waals surface area (Å²) in [5, 5.41) is 18.6. The molecule has 0 radical (unpaired) electrons. The molecular weight excluding hydrogens is 504 g/mol. The Kier molecular flexibility index (Phi) is 10.3. The zero-order valence-corrected chi connectivity index (χ0v) is 25.6. The molecule has 3 N–H and O–H groups in total. The molecule has 3 fully saturated rings. The third-order valence-corrected chi connectivity index (χ3v) is 11.1. The van der Waals surface area contributed by atoms with Gasteiger partial charge in [-0.15, -0.1) is 0 Å². The largest absolute Gasteiger partial charge is 0.391 e. The molecule has 0 aromatic rings. The van der Waals surface area contributed by atoms with Crippen LogP contribution in [0.15, 0.2) is 44.8 Å². The quantitative estimate of drug-likeness (QED) is 0.234. The van der Waals surface area contributed by atoms with Gasteiger partial charge in [-0.25, -0.2) is 0 Å². The van der Waals surface area contributed by atoms with E-state index in [9.17, 15) is 14.7 Å². The van der Waals surface area contributed by atoms with Gasteiger partial charge in [0.05, 0.1) is 6.10 Å². The highest BCUT2D eigenvalue weighted by atomic mass is 32.2. The van der Waals surface area contributed by atoms with E-state index in [0.29, 0.717) is 19.4 Å². The number of carbonyl (C=O) groups excluding carboxylic acids is 2. The monoisotopic (exact) mass is 554 g/mol. The van der Waals surface area contributed by atoms with Crippen LogP contribution >= 0.6 is 11.8 Å². The minimum atomic E-state index is -0.696. The van der Waals surface area contributed by atoms with Gasteiger partial charge in [0.25, 0.3) is 0 Å². The van der Waals surface area contributed by atoms with Gasteiger partial charge in [-0.2, -0.15) is 0 Å². The van der Waals surface area contributed by atoms with Gasteiger partial charge in [-0.05, 0) is 112 Å². The van der Waals surface area contributed by atoms with E-state index < -0.39 is 6.10 Å². The van der Waals surface area contributed by atoms with Crippen LogP contribution in [0.5, 0.6) is 0 Å². The van der Waals surface area contributed by atoms with E-state index in [1.54, 1.807) is 0 Å². The molecule has 0 spiro atoms. The second-order valence-corrected chi connectivity index (χ2v) is 14.0. The summed E-state index contributed by atoms with van der Waals surface area (Å²) in [6, 6.07) is 0. The number of hydrogen-bond acceptors (Lipinski definition) is 4. The molecule has 0 aromatic carbocycles. The molecule has 0 aliphatic heterocycles. The third kappa shape index (κ3) is 7.49. The Hall–Kier alpha value is -1.79. The normalized spacial score (nSPS) is 30.1. The fourth-order valence-electron chi connectivity index (χ4n) is 7.69. The molecule has 5 nitrogen and oxygen atoms in total. The summed E-state index contributed by atoms with van der Waals surface area (Å²) in [5.41, 5.74) is 5.53. The first kappa shape index (κ1) is 30.2. The molecule has 2 amide bonds. The van der Waals surface area contributed by atoms with Crippen molar-refractivity contribution in [3.05, 3.63) is 44.8 Å². The standard InChI is InChI=1S/C33H50N2O3S/c1-6-22(4)20-39-32(21(2)3)25-9-7-24(8-10-25)18-34-29(37)12-11-28(36)19-35-30(38)17-33-15-23(5)13-26-14-27(16-33)31(26)33/h7,9,20,23,26-28,31,36H,6,8,10-19H2,1-5H3,(H,34,37)(H,35,38). The predicted octanol–water partition coefficient (Wildman–Crippen LogP) is 6.81. The first-order chi connectivity index (χ1) is 18.6. The molecule has 0 aromatic heterocycles. The number of nitrogens with one attached hydrogen (secondary N) is 2. The Morgan fingerprint density at radius 2 is 1.90 bits per heavy atom. The highest BCUT2D eigenvalue weighted by Gasteiger charge is 2.65. The van der Waals surface area contributed by atoms with Crippen molar-refractivity contribution >= 4 is 23.6 Å². The second kappa shape index (κ2) is 13.2. The molecule has 216 valence electrons. The summed E-state index contributed by atoms with van der Waals surface area (Å²) < 4.78 is 0. The number of carbonyl (C=O) groups is 2. The molecule has 3 saturated carbocycles. The Bertz CT molecular complexity index is 1050. The van der Waals surface area contributed by atoms with Crippen molar-refractivity contribution in [2.24, 2.45) is 29.1 Å². The van der Waals surface area contributed by atoms with Crippen molar-refractivity contribution in [2.45, 2.75) is 105 Å². The van der Waals surface area contributed by atoms with Gasteiger partial charge in [-0.1, -0.05) is 54.5 Å². The van der Waals surface area contributed by atoms with Crippen molar-refractivity contribution in [3.8, 4) is 0 Å². The van der Waals surface area contributed by atoms with Crippen LogP contribution in [0.4, 0.5) is 0 Å². The lowest BCUT2D eigenvalue weighted by molar-refractivity contribution is -0.210. The van der Waals surface area contributed by atoms with Crippen LogP contribution in [0.25, 0.3) is 0 Å². The number of allylic oxidation sites excluding steroid dienone is 5. The predicted molar refractivity (Wildman–Crippen MR) is 162 cm³/mol. The van der Waals surface area contributed by atoms with E-state index in [-0.39, 0.29) is 30.2 Å². The minimum Gasteiger partial charge on any atom is -0.391 e. The van der Waals surface area contributed by atoms with Crippen LogP contribution in [0.2, 0.25) is 0 Å². The zero-order valence-electron chi connectivity index (χ0n) is 24.8. The molecule has 4 aliphatic rings. The van der Waals surface area contributed by atoms with Crippen molar-refractivity contribution in [2.75, 3.05) is 13.1 Å². The Morgan fingerprint density at radius 1 is 1.10 bits per heavy atom. The van der Waals surface area contributed by atoms with Crippen molar-refractivity contribution in [3.63, 3.8) is 0 Å². The van der Waals surface area contributed by atoms with Gasteiger partial charge < -0.3 is 15.7 Å². The van der Waals surface area contributed by atoms with E-state index in [0.717, 1.165) is 42.9 Å². The molecule has 4 aliphatic carbocycles. The van der Waals surface area contributed by atoms with Crippen LogP contribution < -0.4 is 10.6 Å². The summed E-state index contributed by atoms with van der Waals surface area (Å²) in [7, 11) is 0. The topological polar surface area (TPSA) is 78.4 Å². The van der Waals surface area contributed by atoms with Gasteiger partial charge in [0.1, 0.15) is 0 Å². The zero-order chi connectivity index (χ0) is 28.2. The fraction of sp³-hybridized carbons (Fsp3) is 0.697. The Balaban J connectivity index is 1.13. The maximum Gasteiger partial charge on any atom is 0.220 e. The molecule has 0 heterocycles. The number of rotatable bonds is 13. The highest BCUT2D eigenvalue weighted by molar-refractivity contribution is 8.06. The van der Waals surface area contributed by atoms with Gasteiger partial charge >= 0.3 is 0 Å². The second-order valence-electron chi connectivity index (χ2n) is 13.1. The van der Waals surface area contributed by atoms with E-state index >= 15 is 0 Å². The van der Waals surface area contributed by atoms with Crippen molar-refractivity contribution in [1.29, 1.82) is 0 Å². The molecule has 6 atom stereocenters. The lowest BCUT2D eigenvalue weighted by Gasteiger charge is -2.70. The van der Waals surface area contributed by atoms with Crippen molar-refractivity contribution < 1.29 is 14.7 Å². The molecule has 0 bridgehead atoms. The minimum absolute atomic E-state index is 0.0524. The first-order valence-corrected chi connectivity index (χ1v) is 16.1. The number of aliphatic hydroxyl groups excluding tert-OH is 1. The molecule has 0 saturated heterocycles. The van der Waals surface area contributed by atoms with Crippen LogP contribution in [-0.2, 0) is 9.59 Å². The Labute approximate surface area is 240 Å². The van der Waals surface area contributed by atoms with E-state index in [4.69, 9.17) is 0 Å². The summed E-state index contributed by atoms with van der Waals surface area (Å²) in [4.78, 5) is 26.5. The molecule has 4 rings (SSSR count). The fourth-order valence-corrected chi connectivity index (χ4v) is 8.73. The lowest BCUT2D eigenvalue weighted by atomic mass is 9.35. The third-order valence-electron chi connectivity index (χ3n) is 9.64. The summed E-state index contributed by atoms with van der Waals surface area (Å²) in [5.74, 6) is 3.22. The highest BCUT2D eigenvalue weighted by Crippen LogP contribution is 2.72. The Morgan fingerprint density at radius 3 is 2.56 bits per heavy atom. The van der Waals surface area contributed by atoms with Gasteiger partial charge in [-0.3, -0.25) is 9.59 Å². The van der Waals surface area contributed by atoms with Gasteiger partial charge in [0, 0.05) is 30.8 Å². The van der Waals surface area contributed by atoms with E-state index in [1.807, 2.05) is 11.8 Å². The SMILES string of the molecule is CCC(C)=CSC(C1=CC=C(CNC(=O)CCC(O)CNC(=O)CC23CC(C)CC4CC(C2)C43)CC1)=C(C)C. The van der Waals surface area contributed by atoms with Crippen LogP contribution in [0, 0.1) is 29.1 Å². The van der Waals surface area contributed by atoms with E-state index in [2.05, 4.69) is 62.8 Å². The molecular formula is C33H50N2O3S. The van der Waals surface area contributed by atoms with Crippen molar-refractivity contribution in [1.82, 2.24) is 10.6 Å². The maximum atomic E-state index is 12.7. The summed E-state index contributed by atoms with van der Waals surface area (Å²) >= 11 is 1.82. The smallest absolute Gasteiger partial charge is 0.220 e. The van der Waals surface area contributed by atoms with Gasteiger partial charge in [0.15, 0.2) is 0 Å². The number of amides is 2. The number of hydrogen-bond donors (Lipinski definition) is 3. The lowest BCUT2D eigenvalue weighted by Crippen LogP contribution is -2.63. The van der Waals surface area contributed by atoms with Crippen LogP contribution in [0.3, 0.4) is 0 Å². The molecule has 39 heavy (non-hydrogen) atoms. The number of thioether (sulfide) groups is 1. The van der Waals surface area contributed by atoms with E-state index in [1.165, 1.54) is 52.9 Å². The molecule has 6 heteroatoms.